The van der Waals surface area contributed by atoms with Gasteiger partial charge in [-0.1, -0.05) is 36.4 Å². The maximum absolute atomic E-state index is 12.1. The highest BCUT2D eigenvalue weighted by atomic mass is 16.6. The number of nitrogens with one attached hydrogen (secondary N) is 1. The Bertz CT molecular complexity index is 884. The van der Waals surface area contributed by atoms with Crippen LogP contribution in [0.5, 0.6) is 11.5 Å². The Morgan fingerprint density at radius 1 is 1.19 bits per heavy atom. The fraction of sp³-hybridized carbons (Fsp3) is 0.458. The van der Waals surface area contributed by atoms with Crippen molar-refractivity contribution in [2.24, 2.45) is 5.73 Å². The van der Waals surface area contributed by atoms with Crippen molar-refractivity contribution in [3.63, 3.8) is 0 Å². The highest BCUT2D eigenvalue weighted by Crippen LogP contribution is 2.33. The fourth-order valence-corrected chi connectivity index (χ4v) is 4.36. The lowest BCUT2D eigenvalue weighted by atomic mass is 9.98. The molecule has 2 heterocycles. The molecule has 4 N–H and O–H groups in total. The molecular formula is C24H31N3O4. The number of primary amides is 1. The van der Waals surface area contributed by atoms with E-state index in [1.54, 1.807) is 0 Å². The average Bonchev–Trinajstić information content (AvgIpc) is 2.78. The van der Waals surface area contributed by atoms with Gasteiger partial charge in [-0.2, -0.15) is 0 Å². The van der Waals surface area contributed by atoms with Crippen LogP contribution < -0.4 is 20.5 Å². The Morgan fingerprint density at radius 3 is 2.65 bits per heavy atom. The number of nitrogens with two attached hydrogens (primary N) is 1. The van der Waals surface area contributed by atoms with Gasteiger partial charge in [0.2, 0.25) is 5.91 Å². The average molecular weight is 426 g/mol. The van der Waals surface area contributed by atoms with Crippen LogP contribution in [-0.4, -0.2) is 60.4 Å². The summed E-state index contributed by atoms with van der Waals surface area (Å²) in [6.07, 6.45) is 0.691. The first-order valence-corrected chi connectivity index (χ1v) is 10.9. The van der Waals surface area contributed by atoms with Crippen LogP contribution in [-0.2, 0) is 4.79 Å². The highest BCUT2D eigenvalue weighted by molar-refractivity contribution is 5.81. The molecule has 2 aliphatic rings. The Morgan fingerprint density at radius 2 is 1.94 bits per heavy atom. The monoisotopic (exact) mass is 425 g/mol. The Balaban J connectivity index is 1.26. The molecular weight excluding hydrogens is 394 g/mol. The normalized spacial score (nSPS) is 21.4. The summed E-state index contributed by atoms with van der Waals surface area (Å²) in [6, 6.07) is 15.4. The molecule has 7 nitrogen and oxygen atoms in total. The number of amides is 1. The number of hydrogen-bond acceptors (Lipinski definition) is 6. The van der Waals surface area contributed by atoms with Crippen LogP contribution in [0, 0.1) is 6.92 Å². The lowest BCUT2D eigenvalue weighted by Crippen LogP contribution is -2.50. The molecule has 0 saturated carbocycles. The van der Waals surface area contributed by atoms with Crippen LogP contribution in [0.4, 0.5) is 0 Å². The van der Waals surface area contributed by atoms with Crippen molar-refractivity contribution in [1.29, 1.82) is 0 Å². The second-order valence-electron chi connectivity index (χ2n) is 8.42. The number of fused-ring (bicyclic) bond motifs is 1. The number of likely N-dealkylation sites (tertiary alicyclic amines) is 1. The van der Waals surface area contributed by atoms with Gasteiger partial charge >= 0.3 is 0 Å². The van der Waals surface area contributed by atoms with E-state index in [1.807, 2.05) is 55.5 Å². The number of benzene rings is 2. The predicted octanol–water partition coefficient (Wildman–Crippen LogP) is 1.78. The van der Waals surface area contributed by atoms with Crippen molar-refractivity contribution < 1.29 is 19.4 Å². The highest BCUT2D eigenvalue weighted by Gasteiger charge is 2.31. The number of carbonyl (C=O) groups is 1. The molecule has 31 heavy (non-hydrogen) atoms. The van der Waals surface area contributed by atoms with E-state index in [0.29, 0.717) is 18.9 Å². The molecule has 0 aliphatic carbocycles. The first-order chi connectivity index (χ1) is 15.0. The molecule has 166 valence electrons. The largest absolute Gasteiger partial charge is 0.486 e. The predicted molar refractivity (Wildman–Crippen MR) is 118 cm³/mol. The molecule has 1 amide bonds. The van der Waals surface area contributed by atoms with Crippen LogP contribution in [0.15, 0.2) is 48.5 Å². The lowest BCUT2D eigenvalue weighted by Gasteiger charge is -2.37. The van der Waals surface area contributed by atoms with Crippen LogP contribution in [0.2, 0.25) is 0 Å². The van der Waals surface area contributed by atoms with Crippen molar-refractivity contribution in [1.82, 2.24) is 10.2 Å². The van der Waals surface area contributed by atoms with Gasteiger partial charge in [-0.25, -0.2) is 0 Å². The molecule has 0 bridgehead atoms. The molecule has 3 unspecified atom stereocenters. The van der Waals surface area contributed by atoms with Gasteiger partial charge in [0.15, 0.2) is 17.6 Å². The summed E-state index contributed by atoms with van der Waals surface area (Å²) in [6.45, 7) is 4.30. The summed E-state index contributed by atoms with van der Waals surface area (Å²) in [5.74, 6) is 1.08. The van der Waals surface area contributed by atoms with Gasteiger partial charge in [0, 0.05) is 25.7 Å². The minimum absolute atomic E-state index is 0.273. The van der Waals surface area contributed by atoms with E-state index in [9.17, 15) is 9.90 Å². The van der Waals surface area contributed by atoms with Crippen LogP contribution in [0.1, 0.15) is 30.0 Å². The van der Waals surface area contributed by atoms with Crippen LogP contribution in [0.3, 0.4) is 0 Å². The number of hydrogen-bond donors (Lipinski definition) is 3. The molecule has 0 radical (unpaired) electrons. The summed E-state index contributed by atoms with van der Waals surface area (Å²) in [7, 11) is 0. The van der Waals surface area contributed by atoms with E-state index in [-0.39, 0.29) is 11.9 Å². The Hall–Kier alpha value is -2.61. The van der Waals surface area contributed by atoms with E-state index in [0.717, 1.165) is 42.8 Å². The number of nitrogens with zero attached hydrogens (tertiary/aromatic N) is 1. The number of carbonyl (C=O) groups excluding carboxylic acids is 1. The van der Waals surface area contributed by atoms with Gasteiger partial charge in [0.25, 0.3) is 0 Å². The zero-order valence-electron chi connectivity index (χ0n) is 17.9. The van der Waals surface area contributed by atoms with Crippen molar-refractivity contribution in [3.05, 3.63) is 59.7 Å². The number of aliphatic hydroxyl groups is 1. The number of aryl methyl sites for hydroxylation is 1. The number of ether oxygens (including phenoxy) is 2. The SMILES string of the molecule is Cc1ccc2c(c1)OCC(C(O)CNC1CCN(C(C(N)=O)c3ccccc3)CC1)O2. The molecule has 0 aromatic heterocycles. The molecule has 2 aromatic rings. The number of aliphatic hydroxyl groups excluding tert-OH is 1. The number of rotatable bonds is 7. The van der Waals surface area contributed by atoms with E-state index in [2.05, 4.69) is 10.2 Å². The summed E-state index contributed by atoms with van der Waals surface area (Å²) >= 11 is 0. The topological polar surface area (TPSA) is 97.0 Å². The lowest BCUT2D eigenvalue weighted by molar-refractivity contribution is -0.124. The first-order valence-electron chi connectivity index (χ1n) is 10.9. The molecule has 1 saturated heterocycles. The van der Waals surface area contributed by atoms with Crippen molar-refractivity contribution in [3.8, 4) is 11.5 Å². The number of piperidine rings is 1. The third kappa shape index (κ3) is 5.18. The van der Waals surface area contributed by atoms with Crippen molar-refractivity contribution in [2.45, 2.75) is 44.1 Å². The minimum Gasteiger partial charge on any atom is -0.486 e. The Labute approximate surface area is 183 Å². The molecule has 4 rings (SSSR count). The molecule has 3 atom stereocenters. The molecule has 7 heteroatoms. The zero-order valence-corrected chi connectivity index (χ0v) is 17.9. The molecule has 2 aromatic carbocycles. The van der Waals surface area contributed by atoms with E-state index < -0.39 is 18.2 Å². The van der Waals surface area contributed by atoms with Gasteiger partial charge in [-0.05, 0) is 43.0 Å². The maximum atomic E-state index is 12.1. The summed E-state index contributed by atoms with van der Waals surface area (Å²) in [5, 5.41) is 14.1. The second kappa shape index (κ2) is 9.68. The third-order valence-corrected chi connectivity index (χ3v) is 6.10. The van der Waals surface area contributed by atoms with Gasteiger partial charge in [-0.3, -0.25) is 9.69 Å². The van der Waals surface area contributed by atoms with E-state index >= 15 is 0 Å². The quantitative estimate of drug-likeness (QED) is 0.626. The van der Waals surface area contributed by atoms with Crippen LogP contribution >= 0.6 is 0 Å². The van der Waals surface area contributed by atoms with Crippen LogP contribution in [0.25, 0.3) is 0 Å². The maximum Gasteiger partial charge on any atom is 0.239 e. The molecule has 1 fully saturated rings. The van der Waals surface area contributed by atoms with Gasteiger partial charge in [-0.15, -0.1) is 0 Å². The summed E-state index contributed by atoms with van der Waals surface area (Å²) in [5.41, 5.74) is 7.75. The summed E-state index contributed by atoms with van der Waals surface area (Å²) < 4.78 is 11.7. The zero-order chi connectivity index (χ0) is 21.8. The molecule has 0 spiro atoms. The van der Waals surface area contributed by atoms with Gasteiger partial charge in [0.1, 0.15) is 18.8 Å². The Kier molecular flexibility index (Phi) is 6.75. The first kappa shape index (κ1) is 21.6. The smallest absolute Gasteiger partial charge is 0.239 e. The second-order valence-corrected chi connectivity index (χ2v) is 8.42. The van der Waals surface area contributed by atoms with Gasteiger partial charge < -0.3 is 25.6 Å². The van der Waals surface area contributed by atoms with E-state index in [4.69, 9.17) is 15.2 Å². The van der Waals surface area contributed by atoms with Gasteiger partial charge in [0.05, 0.1) is 0 Å². The molecule has 2 aliphatic heterocycles. The third-order valence-electron chi connectivity index (χ3n) is 6.10. The fourth-order valence-electron chi connectivity index (χ4n) is 4.36. The standard InChI is InChI=1S/C24H31N3O4/c1-16-7-8-20-21(13-16)30-15-22(31-20)19(28)14-26-18-9-11-27(12-10-18)23(24(25)29)17-5-3-2-4-6-17/h2-8,13,18-19,22-23,26,28H,9-12,14-15H2,1H3,(H2,25,29). The van der Waals surface area contributed by atoms with Crippen molar-refractivity contribution in [2.75, 3.05) is 26.2 Å². The van der Waals surface area contributed by atoms with Crippen molar-refractivity contribution >= 4 is 5.91 Å². The van der Waals surface area contributed by atoms with E-state index in [1.165, 1.54) is 0 Å². The minimum atomic E-state index is -0.671. The summed E-state index contributed by atoms with van der Waals surface area (Å²) in [4.78, 5) is 14.2.